The molecule has 9 heteroatoms. The SMILES string of the molecule is O=C(NCc1cccs1)N1CCCC(C(=O)N2CCN(c3cccc(Cl)c3Cl)CC2)C1. The van der Waals surface area contributed by atoms with Gasteiger partial charge in [-0.1, -0.05) is 35.3 Å². The van der Waals surface area contributed by atoms with Crippen LogP contribution >= 0.6 is 34.5 Å². The Kier molecular flexibility index (Phi) is 7.25. The number of halogens is 2. The van der Waals surface area contributed by atoms with E-state index < -0.39 is 0 Å². The number of hydrogen-bond donors (Lipinski definition) is 1. The molecule has 2 aliphatic heterocycles. The second-order valence-electron chi connectivity index (χ2n) is 7.91. The van der Waals surface area contributed by atoms with Crippen molar-refractivity contribution in [3.8, 4) is 0 Å². The zero-order valence-electron chi connectivity index (χ0n) is 17.2. The van der Waals surface area contributed by atoms with Crippen molar-refractivity contribution in [2.75, 3.05) is 44.2 Å². The van der Waals surface area contributed by atoms with Crippen molar-refractivity contribution >= 4 is 52.2 Å². The quantitative estimate of drug-likeness (QED) is 0.708. The highest BCUT2D eigenvalue weighted by Gasteiger charge is 2.33. The molecule has 1 atom stereocenters. The molecule has 3 heterocycles. The van der Waals surface area contributed by atoms with Gasteiger partial charge in [0.05, 0.1) is 28.2 Å². The number of nitrogens with one attached hydrogen (secondary N) is 1. The van der Waals surface area contributed by atoms with Crippen LogP contribution in [-0.2, 0) is 11.3 Å². The highest BCUT2D eigenvalue weighted by molar-refractivity contribution is 7.09. The number of carbonyl (C=O) groups excluding carboxylic acids is 2. The van der Waals surface area contributed by atoms with E-state index in [4.69, 9.17) is 23.2 Å². The first kappa shape index (κ1) is 22.2. The van der Waals surface area contributed by atoms with Crippen LogP contribution in [0.3, 0.4) is 0 Å². The number of urea groups is 1. The lowest BCUT2D eigenvalue weighted by Gasteiger charge is -2.40. The van der Waals surface area contributed by atoms with Gasteiger partial charge in [0.25, 0.3) is 0 Å². The number of nitrogens with zero attached hydrogens (tertiary/aromatic N) is 3. The van der Waals surface area contributed by atoms with Crippen LogP contribution in [0.4, 0.5) is 10.5 Å². The fraction of sp³-hybridized carbons (Fsp3) is 0.455. The molecular weight excluding hydrogens is 455 g/mol. The summed E-state index contributed by atoms with van der Waals surface area (Å²) in [7, 11) is 0. The van der Waals surface area contributed by atoms with Gasteiger partial charge in [-0.3, -0.25) is 4.79 Å². The molecule has 1 aromatic heterocycles. The Morgan fingerprint density at radius 3 is 2.58 bits per heavy atom. The van der Waals surface area contributed by atoms with Crippen LogP contribution in [0.1, 0.15) is 17.7 Å². The van der Waals surface area contributed by atoms with Crippen molar-refractivity contribution < 1.29 is 9.59 Å². The number of benzene rings is 1. The largest absolute Gasteiger partial charge is 0.367 e. The molecule has 2 aromatic rings. The fourth-order valence-electron chi connectivity index (χ4n) is 4.21. The molecule has 0 radical (unpaired) electrons. The van der Waals surface area contributed by atoms with Gasteiger partial charge in [-0.05, 0) is 36.4 Å². The third kappa shape index (κ3) is 5.27. The minimum atomic E-state index is -0.137. The lowest BCUT2D eigenvalue weighted by molar-refractivity contribution is -0.137. The van der Waals surface area contributed by atoms with Crippen molar-refractivity contribution in [3.63, 3.8) is 0 Å². The highest BCUT2D eigenvalue weighted by atomic mass is 35.5. The average Bonchev–Trinajstić information content (AvgIpc) is 3.33. The maximum absolute atomic E-state index is 13.1. The van der Waals surface area contributed by atoms with Crippen molar-refractivity contribution in [2.24, 2.45) is 5.92 Å². The molecule has 6 nitrogen and oxygen atoms in total. The smallest absolute Gasteiger partial charge is 0.317 e. The Balaban J connectivity index is 1.29. The maximum atomic E-state index is 13.1. The molecule has 31 heavy (non-hydrogen) atoms. The number of amides is 3. The molecule has 4 rings (SSSR count). The first-order valence-corrected chi connectivity index (χ1v) is 12.2. The molecule has 1 aromatic carbocycles. The Hall–Kier alpha value is -1.96. The molecule has 0 saturated carbocycles. The highest BCUT2D eigenvalue weighted by Crippen LogP contribution is 2.33. The zero-order valence-corrected chi connectivity index (χ0v) is 19.6. The second-order valence-corrected chi connectivity index (χ2v) is 9.73. The van der Waals surface area contributed by atoms with Crippen molar-refractivity contribution in [3.05, 3.63) is 50.6 Å². The van der Waals surface area contributed by atoms with Crippen LogP contribution in [0.5, 0.6) is 0 Å². The Bertz CT molecular complexity index is 916. The lowest BCUT2D eigenvalue weighted by Crippen LogP contribution is -2.54. The van der Waals surface area contributed by atoms with E-state index in [0.717, 1.165) is 23.4 Å². The zero-order chi connectivity index (χ0) is 21.8. The van der Waals surface area contributed by atoms with E-state index in [1.54, 1.807) is 22.3 Å². The van der Waals surface area contributed by atoms with E-state index in [1.807, 2.05) is 34.5 Å². The molecule has 1 unspecified atom stereocenters. The molecule has 0 spiro atoms. The van der Waals surface area contributed by atoms with Gasteiger partial charge in [0.15, 0.2) is 0 Å². The summed E-state index contributed by atoms with van der Waals surface area (Å²) in [6.45, 7) is 4.41. The van der Waals surface area contributed by atoms with Crippen molar-refractivity contribution in [1.29, 1.82) is 0 Å². The van der Waals surface area contributed by atoms with Gasteiger partial charge in [-0.2, -0.15) is 0 Å². The molecular formula is C22H26Cl2N4O2S. The molecule has 2 aliphatic rings. The van der Waals surface area contributed by atoms with Gasteiger partial charge in [0, 0.05) is 44.1 Å². The standard InChI is InChI=1S/C22H26Cl2N4O2S/c23-18-6-1-7-19(20(18)24)26-9-11-27(12-10-26)21(29)16-4-2-8-28(15-16)22(30)25-14-17-5-3-13-31-17/h1,3,5-7,13,16H,2,4,8-12,14-15H2,(H,25,30). The van der Waals surface area contributed by atoms with E-state index in [1.165, 1.54) is 0 Å². The number of carbonyl (C=O) groups is 2. The normalized spacial score (nSPS) is 19.4. The van der Waals surface area contributed by atoms with Crippen LogP contribution in [0.2, 0.25) is 10.0 Å². The number of anilines is 1. The minimum Gasteiger partial charge on any atom is -0.367 e. The van der Waals surface area contributed by atoms with Crippen LogP contribution in [0.25, 0.3) is 0 Å². The summed E-state index contributed by atoms with van der Waals surface area (Å²) < 4.78 is 0. The van der Waals surface area contributed by atoms with E-state index in [0.29, 0.717) is 55.9 Å². The van der Waals surface area contributed by atoms with E-state index in [2.05, 4.69) is 10.2 Å². The molecule has 0 aliphatic carbocycles. The number of piperidine rings is 1. The molecule has 2 fully saturated rings. The van der Waals surface area contributed by atoms with Crippen molar-refractivity contribution in [1.82, 2.24) is 15.1 Å². The summed E-state index contributed by atoms with van der Waals surface area (Å²) in [4.78, 5) is 32.7. The molecule has 1 N–H and O–H groups in total. The predicted molar refractivity (Wildman–Crippen MR) is 126 cm³/mol. The topological polar surface area (TPSA) is 55.9 Å². The van der Waals surface area contributed by atoms with E-state index >= 15 is 0 Å². The second kappa shape index (κ2) is 10.1. The van der Waals surface area contributed by atoms with E-state index in [9.17, 15) is 9.59 Å². The van der Waals surface area contributed by atoms with E-state index in [-0.39, 0.29) is 17.9 Å². The van der Waals surface area contributed by atoms with Crippen LogP contribution in [0.15, 0.2) is 35.7 Å². The summed E-state index contributed by atoms with van der Waals surface area (Å²) in [6.07, 6.45) is 1.68. The first-order valence-electron chi connectivity index (χ1n) is 10.6. The van der Waals surface area contributed by atoms with Gasteiger partial charge < -0.3 is 20.0 Å². The first-order chi connectivity index (χ1) is 15.0. The number of rotatable bonds is 4. The summed E-state index contributed by atoms with van der Waals surface area (Å²) in [5.41, 5.74) is 0.910. The van der Waals surface area contributed by atoms with Gasteiger partial charge in [0.2, 0.25) is 5.91 Å². The van der Waals surface area contributed by atoms with Crippen LogP contribution < -0.4 is 10.2 Å². The number of thiophene rings is 1. The fourth-order valence-corrected chi connectivity index (χ4v) is 5.27. The van der Waals surface area contributed by atoms with Gasteiger partial charge in [-0.15, -0.1) is 11.3 Å². The summed E-state index contributed by atoms with van der Waals surface area (Å²) in [6, 6.07) is 9.51. The number of likely N-dealkylation sites (tertiary alicyclic amines) is 1. The molecule has 166 valence electrons. The predicted octanol–water partition coefficient (Wildman–Crippen LogP) is 4.33. The number of piperazine rings is 1. The van der Waals surface area contributed by atoms with Gasteiger partial charge in [0.1, 0.15) is 0 Å². The summed E-state index contributed by atoms with van der Waals surface area (Å²) in [5.74, 6) is 0.00939. The Morgan fingerprint density at radius 1 is 1.03 bits per heavy atom. The number of hydrogen-bond acceptors (Lipinski definition) is 4. The third-order valence-corrected chi connectivity index (χ3v) is 7.60. The van der Waals surface area contributed by atoms with Crippen molar-refractivity contribution in [2.45, 2.75) is 19.4 Å². The van der Waals surface area contributed by atoms with Gasteiger partial charge >= 0.3 is 6.03 Å². The maximum Gasteiger partial charge on any atom is 0.317 e. The van der Waals surface area contributed by atoms with Gasteiger partial charge in [-0.25, -0.2) is 4.79 Å². The molecule has 2 saturated heterocycles. The van der Waals surface area contributed by atoms with Crippen LogP contribution in [0, 0.1) is 5.92 Å². The summed E-state index contributed by atoms with van der Waals surface area (Å²) >= 11 is 14.1. The Labute approximate surface area is 196 Å². The Morgan fingerprint density at radius 2 is 1.84 bits per heavy atom. The monoisotopic (exact) mass is 480 g/mol. The summed E-state index contributed by atoms with van der Waals surface area (Å²) in [5, 5.41) is 6.06. The lowest BCUT2D eigenvalue weighted by atomic mass is 9.96. The minimum absolute atomic E-state index is 0.0914. The third-order valence-electron chi connectivity index (χ3n) is 5.92. The molecule has 3 amide bonds. The average molecular weight is 481 g/mol. The molecule has 0 bridgehead atoms. The van der Waals surface area contributed by atoms with Crippen LogP contribution in [-0.4, -0.2) is 61.0 Å².